The summed E-state index contributed by atoms with van der Waals surface area (Å²) < 4.78 is 5.10. The standard InChI is InChI=1S/C12H14O2/c13-7-12(6-10-8-14-9-10)11-4-2-1-3-5-11/h1-5,7,10,12H,6,8-9H2. The number of aldehydes is 1. The van der Waals surface area contributed by atoms with Gasteiger partial charge in [0.2, 0.25) is 0 Å². The second-order valence-electron chi connectivity index (χ2n) is 3.79. The molecule has 0 N–H and O–H groups in total. The summed E-state index contributed by atoms with van der Waals surface area (Å²) in [6.07, 6.45) is 1.97. The molecular weight excluding hydrogens is 176 g/mol. The number of rotatable bonds is 4. The third kappa shape index (κ3) is 2.02. The first-order chi connectivity index (χ1) is 6.90. The minimum Gasteiger partial charge on any atom is -0.381 e. The van der Waals surface area contributed by atoms with Gasteiger partial charge in [-0.05, 0) is 12.0 Å². The molecule has 2 nitrogen and oxygen atoms in total. The van der Waals surface area contributed by atoms with Gasteiger partial charge >= 0.3 is 0 Å². The van der Waals surface area contributed by atoms with Crippen molar-refractivity contribution in [3.05, 3.63) is 35.9 Å². The van der Waals surface area contributed by atoms with E-state index in [2.05, 4.69) is 0 Å². The largest absolute Gasteiger partial charge is 0.381 e. The lowest BCUT2D eigenvalue weighted by molar-refractivity contribution is -0.110. The Morgan fingerprint density at radius 2 is 2.07 bits per heavy atom. The zero-order chi connectivity index (χ0) is 9.80. The fourth-order valence-electron chi connectivity index (χ4n) is 1.75. The van der Waals surface area contributed by atoms with Crippen LogP contribution < -0.4 is 0 Å². The van der Waals surface area contributed by atoms with Crippen LogP contribution in [0.2, 0.25) is 0 Å². The van der Waals surface area contributed by atoms with Crippen LogP contribution >= 0.6 is 0 Å². The molecule has 1 aliphatic heterocycles. The van der Waals surface area contributed by atoms with Gasteiger partial charge in [0.1, 0.15) is 6.29 Å². The predicted molar refractivity (Wildman–Crippen MR) is 54.2 cm³/mol. The summed E-state index contributed by atoms with van der Waals surface area (Å²) in [5, 5.41) is 0. The average molecular weight is 190 g/mol. The first-order valence-electron chi connectivity index (χ1n) is 4.98. The zero-order valence-electron chi connectivity index (χ0n) is 8.06. The third-order valence-corrected chi connectivity index (χ3v) is 2.69. The maximum Gasteiger partial charge on any atom is 0.127 e. The van der Waals surface area contributed by atoms with Crippen molar-refractivity contribution in [3.8, 4) is 0 Å². The molecule has 0 radical (unpaired) electrons. The van der Waals surface area contributed by atoms with E-state index in [0.29, 0.717) is 5.92 Å². The molecule has 1 aliphatic rings. The van der Waals surface area contributed by atoms with Crippen molar-refractivity contribution in [1.82, 2.24) is 0 Å². The van der Waals surface area contributed by atoms with Crippen molar-refractivity contribution in [2.45, 2.75) is 12.3 Å². The highest BCUT2D eigenvalue weighted by molar-refractivity contribution is 5.62. The smallest absolute Gasteiger partial charge is 0.127 e. The molecule has 0 amide bonds. The molecule has 1 saturated heterocycles. The summed E-state index contributed by atoms with van der Waals surface area (Å²) in [7, 11) is 0. The lowest BCUT2D eigenvalue weighted by atomic mass is 9.89. The van der Waals surface area contributed by atoms with Crippen molar-refractivity contribution >= 4 is 6.29 Å². The molecule has 0 spiro atoms. The number of hydrogen-bond donors (Lipinski definition) is 0. The maximum absolute atomic E-state index is 10.9. The van der Waals surface area contributed by atoms with E-state index in [4.69, 9.17) is 4.74 Å². The average Bonchev–Trinajstić information content (AvgIpc) is 2.18. The molecule has 0 aromatic heterocycles. The number of ether oxygens (including phenoxy) is 1. The lowest BCUT2D eigenvalue weighted by Crippen LogP contribution is -2.29. The number of hydrogen-bond acceptors (Lipinski definition) is 2. The fraction of sp³-hybridized carbons (Fsp3) is 0.417. The Balaban J connectivity index is 2.01. The summed E-state index contributed by atoms with van der Waals surface area (Å²) in [6, 6.07) is 9.95. The van der Waals surface area contributed by atoms with Crippen LogP contribution in [0.25, 0.3) is 0 Å². The topological polar surface area (TPSA) is 26.3 Å². The van der Waals surface area contributed by atoms with Crippen molar-refractivity contribution < 1.29 is 9.53 Å². The van der Waals surface area contributed by atoms with Crippen molar-refractivity contribution in [3.63, 3.8) is 0 Å². The summed E-state index contributed by atoms with van der Waals surface area (Å²) in [5.41, 5.74) is 1.12. The molecule has 1 aromatic rings. The van der Waals surface area contributed by atoms with Crippen LogP contribution in [0, 0.1) is 5.92 Å². The van der Waals surface area contributed by atoms with Crippen LogP contribution in [0.1, 0.15) is 17.9 Å². The van der Waals surface area contributed by atoms with Gasteiger partial charge in [0.25, 0.3) is 0 Å². The molecule has 1 aromatic carbocycles. The molecule has 0 aliphatic carbocycles. The van der Waals surface area contributed by atoms with Gasteiger partial charge in [-0.15, -0.1) is 0 Å². The van der Waals surface area contributed by atoms with Crippen LogP contribution in [0.15, 0.2) is 30.3 Å². The van der Waals surface area contributed by atoms with Crippen molar-refractivity contribution in [1.29, 1.82) is 0 Å². The molecule has 2 rings (SSSR count). The molecule has 14 heavy (non-hydrogen) atoms. The Kier molecular flexibility index (Phi) is 2.94. The van der Waals surface area contributed by atoms with E-state index in [1.165, 1.54) is 0 Å². The summed E-state index contributed by atoms with van der Waals surface area (Å²) >= 11 is 0. The molecule has 2 heteroatoms. The van der Waals surface area contributed by atoms with Crippen LogP contribution in [-0.4, -0.2) is 19.5 Å². The third-order valence-electron chi connectivity index (χ3n) is 2.69. The first kappa shape index (κ1) is 9.41. The van der Waals surface area contributed by atoms with Gasteiger partial charge in [-0.25, -0.2) is 0 Å². The molecule has 1 atom stereocenters. The van der Waals surface area contributed by atoms with E-state index in [9.17, 15) is 4.79 Å². The maximum atomic E-state index is 10.9. The van der Waals surface area contributed by atoms with Gasteiger partial charge in [0.15, 0.2) is 0 Å². The SMILES string of the molecule is O=CC(CC1COC1)c1ccccc1. The first-order valence-corrected chi connectivity index (χ1v) is 4.98. The highest BCUT2D eigenvalue weighted by Gasteiger charge is 2.23. The number of carbonyl (C=O) groups is 1. The minimum absolute atomic E-state index is 0.0464. The quantitative estimate of drug-likeness (QED) is 0.679. The van der Waals surface area contributed by atoms with Gasteiger partial charge in [-0.3, -0.25) is 0 Å². The normalized spacial score (nSPS) is 18.6. The summed E-state index contributed by atoms with van der Waals surface area (Å²) in [6.45, 7) is 1.63. The second kappa shape index (κ2) is 4.38. The Morgan fingerprint density at radius 3 is 2.57 bits per heavy atom. The highest BCUT2D eigenvalue weighted by atomic mass is 16.5. The Bertz CT molecular complexity index is 290. The van der Waals surface area contributed by atoms with E-state index >= 15 is 0 Å². The van der Waals surface area contributed by atoms with Crippen LogP contribution in [0.5, 0.6) is 0 Å². The summed E-state index contributed by atoms with van der Waals surface area (Å²) in [5.74, 6) is 0.621. The van der Waals surface area contributed by atoms with Gasteiger partial charge in [-0.1, -0.05) is 30.3 Å². The Morgan fingerprint density at radius 1 is 1.36 bits per heavy atom. The molecule has 0 bridgehead atoms. The second-order valence-corrected chi connectivity index (χ2v) is 3.79. The van der Waals surface area contributed by atoms with Gasteiger partial charge in [0, 0.05) is 11.8 Å². The van der Waals surface area contributed by atoms with Crippen molar-refractivity contribution in [2.24, 2.45) is 5.92 Å². The highest BCUT2D eigenvalue weighted by Crippen LogP contribution is 2.25. The summed E-state index contributed by atoms with van der Waals surface area (Å²) in [4.78, 5) is 10.9. The Labute approximate surface area is 83.9 Å². The van der Waals surface area contributed by atoms with Gasteiger partial charge < -0.3 is 9.53 Å². The monoisotopic (exact) mass is 190 g/mol. The number of benzene rings is 1. The lowest BCUT2D eigenvalue weighted by Gasteiger charge is -2.28. The van der Waals surface area contributed by atoms with Gasteiger partial charge in [0.05, 0.1) is 13.2 Å². The molecule has 1 unspecified atom stereocenters. The zero-order valence-corrected chi connectivity index (χ0v) is 8.06. The van der Waals surface area contributed by atoms with E-state index in [1.54, 1.807) is 0 Å². The van der Waals surface area contributed by atoms with E-state index in [0.717, 1.165) is 31.5 Å². The molecule has 0 saturated carbocycles. The van der Waals surface area contributed by atoms with Crippen LogP contribution in [-0.2, 0) is 9.53 Å². The van der Waals surface area contributed by atoms with Crippen molar-refractivity contribution in [2.75, 3.05) is 13.2 Å². The van der Waals surface area contributed by atoms with Crippen LogP contribution in [0.4, 0.5) is 0 Å². The molecular formula is C12H14O2. The molecule has 1 fully saturated rings. The predicted octanol–water partition coefficient (Wildman–Crippen LogP) is 2.01. The molecule has 74 valence electrons. The molecule has 1 heterocycles. The fourth-order valence-corrected chi connectivity index (χ4v) is 1.75. The van der Waals surface area contributed by atoms with E-state index < -0.39 is 0 Å². The minimum atomic E-state index is 0.0464. The van der Waals surface area contributed by atoms with E-state index in [-0.39, 0.29) is 5.92 Å². The Hall–Kier alpha value is -1.15. The number of carbonyl (C=O) groups excluding carboxylic acids is 1. The van der Waals surface area contributed by atoms with Gasteiger partial charge in [-0.2, -0.15) is 0 Å². The van der Waals surface area contributed by atoms with Crippen LogP contribution in [0.3, 0.4) is 0 Å². The van der Waals surface area contributed by atoms with E-state index in [1.807, 2.05) is 30.3 Å².